The first-order valence-electron chi connectivity index (χ1n) is 8.69. The van der Waals surface area contributed by atoms with Crippen LogP contribution in [0.25, 0.3) is 11.2 Å². The van der Waals surface area contributed by atoms with Gasteiger partial charge in [-0.3, -0.25) is 9.55 Å². The minimum Gasteiger partial charge on any atom is -0.454 e. The summed E-state index contributed by atoms with van der Waals surface area (Å²) in [6.45, 7) is 1.36. The molecule has 1 aliphatic heterocycles. The Hall–Kier alpha value is -2.86. The van der Waals surface area contributed by atoms with Gasteiger partial charge in [0.2, 0.25) is 0 Å². The Morgan fingerprint density at radius 2 is 2.07 bits per heavy atom. The predicted molar refractivity (Wildman–Crippen MR) is 96.0 cm³/mol. The molecule has 1 fully saturated rings. The van der Waals surface area contributed by atoms with E-state index in [1.807, 2.05) is 12.1 Å². The van der Waals surface area contributed by atoms with E-state index in [-0.39, 0.29) is 17.5 Å². The number of aliphatic hydroxyl groups is 3. The van der Waals surface area contributed by atoms with E-state index in [0.29, 0.717) is 11.2 Å². The summed E-state index contributed by atoms with van der Waals surface area (Å²) < 4.78 is 12.7. The molecule has 0 spiro atoms. The highest BCUT2D eigenvalue weighted by Gasteiger charge is 2.44. The van der Waals surface area contributed by atoms with Crippen molar-refractivity contribution in [3.05, 3.63) is 36.4 Å². The number of fused-ring (bicyclic) bond motifs is 1. The zero-order valence-corrected chi connectivity index (χ0v) is 15.0. The number of hydrogen-bond acceptors (Lipinski definition) is 10. The van der Waals surface area contributed by atoms with Crippen molar-refractivity contribution in [3.8, 4) is 6.01 Å². The van der Waals surface area contributed by atoms with Crippen molar-refractivity contribution in [3.63, 3.8) is 0 Å². The summed E-state index contributed by atoms with van der Waals surface area (Å²) >= 11 is 0. The minimum absolute atomic E-state index is 0.0108. The van der Waals surface area contributed by atoms with Gasteiger partial charge in [-0.2, -0.15) is 9.97 Å². The van der Waals surface area contributed by atoms with Gasteiger partial charge in [0.05, 0.1) is 18.6 Å². The first-order valence-corrected chi connectivity index (χ1v) is 8.69. The zero-order valence-electron chi connectivity index (χ0n) is 15.0. The molecular formula is C17H20N6O5. The van der Waals surface area contributed by atoms with Crippen LogP contribution in [-0.4, -0.2) is 64.7 Å². The molecule has 5 atom stereocenters. The third-order valence-electron chi connectivity index (χ3n) is 4.61. The van der Waals surface area contributed by atoms with Gasteiger partial charge in [-0.05, 0) is 19.1 Å². The van der Waals surface area contributed by atoms with Gasteiger partial charge in [-0.15, -0.1) is 0 Å². The third kappa shape index (κ3) is 3.14. The summed E-state index contributed by atoms with van der Waals surface area (Å²) in [6.07, 6.45) is -1.83. The molecule has 0 aliphatic carbocycles. The van der Waals surface area contributed by atoms with Crippen LogP contribution in [0.3, 0.4) is 0 Å². The van der Waals surface area contributed by atoms with Gasteiger partial charge in [-0.25, -0.2) is 4.98 Å². The molecule has 3 aromatic rings. The van der Waals surface area contributed by atoms with E-state index in [9.17, 15) is 15.3 Å². The van der Waals surface area contributed by atoms with E-state index in [1.54, 1.807) is 19.2 Å². The maximum Gasteiger partial charge on any atom is 0.321 e. The van der Waals surface area contributed by atoms with E-state index in [4.69, 9.17) is 15.2 Å². The lowest BCUT2D eigenvalue weighted by Crippen LogP contribution is -2.33. The lowest BCUT2D eigenvalue weighted by atomic mass is 10.1. The lowest BCUT2D eigenvalue weighted by Gasteiger charge is -2.17. The standard InChI is InChI=1S/C17H20N6O5/c1-8(9-4-2-3-5-19-9)27-17-21-14(18)11-15(22-17)23(7-20-11)16-13(26)12(25)10(6-24)28-16/h2-5,7-8,10,12-13,16,24-26H,6H2,1H3,(H2,18,21,22)/t8?,10-,12-,13-,16-/m1/s1. The second-order valence-corrected chi connectivity index (χ2v) is 6.46. The van der Waals surface area contributed by atoms with Crippen LogP contribution in [0.15, 0.2) is 30.7 Å². The van der Waals surface area contributed by atoms with E-state index in [2.05, 4.69) is 19.9 Å². The molecule has 0 radical (unpaired) electrons. The molecule has 0 amide bonds. The number of nitrogens with two attached hydrogens (primary N) is 1. The largest absolute Gasteiger partial charge is 0.454 e. The van der Waals surface area contributed by atoms with Gasteiger partial charge in [0.1, 0.15) is 24.4 Å². The Balaban J connectivity index is 1.67. The molecule has 5 N–H and O–H groups in total. The third-order valence-corrected chi connectivity index (χ3v) is 4.61. The summed E-state index contributed by atoms with van der Waals surface area (Å²) in [5.41, 5.74) is 7.25. The molecule has 0 bridgehead atoms. The van der Waals surface area contributed by atoms with Gasteiger partial charge < -0.3 is 30.5 Å². The summed E-state index contributed by atoms with van der Waals surface area (Å²) in [4.78, 5) is 16.9. The quantitative estimate of drug-likeness (QED) is 0.450. The average Bonchev–Trinajstić information content (AvgIpc) is 3.24. The monoisotopic (exact) mass is 388 g/mol. The highest BCUT2D eigenvalue weighted by atomic mass is 16.6. The first kappa shape index (κ1) is 18.5. The molecular weight excluding hydrogens is 368 g/mol. The first-order chi connectivity index (χ1) is 13.5. The molecule has 1 aliphatic rings. The second kappa shape index (κ2) is 7.28. The highest BCUT2D eigenvalue weighted by Crippen LogP contribution is 2.32. The van der Waals surface area contributed by atoms with Crippen molar-refractivity contribution in [2.45, 2.75) is 37.6 Å². The molecule has 0 saturated carbocycles. The molecule has 4 heterocycles. The van der Waals surface area contributed by atoms with Crippen molar-refractivity contribution in [1.29, 1.82) is 0 Å². The summed E-state index contributed by atoms with van der Waals surface area (Å²) in [5.74, 6) is 0.0960. The Morgan fingerprint density at radius 3 is 2.75 bits per heavy atom. The number of ether oxygens (including phenoxy) is 2. The average molecular weight is 388 g/mol. The van der Waals surface area contributed by atoms with E-state index in [1.165, 1.54) is 10.9 Å². The molecule has 3 aromatic heterocycles. The van der Waals surface area contributed by atoms with E-state index in [0.717, 1.165) is 0 Å². The van der Waals surface area contributed by atoms with Crippen LogP contribution in [0.2, 0.25) is 0 Å². The zero-order chi connectivity index (χ0) is 19.8. The summed E-state index contributed by atoms with van der Waals surface area (Å²) in [5, 5.41) is 29.6. The van der Waals surface area contributed by atoms with Crippen LogP contribution in [0.5, 0.6) is 6.01 Å². The second-order valence-electron chi connectivity index (χ2n) is 6.46. The van der Waals surface area contributed by atoms with Crippen molar-refractivity contribution in [1.82, 2.24) is 24.5 Å². The Labute approximate surface area is 159 Å². The number of nitrogens with zero attached hydrogens (tertiary/aromatic N) is 5. The maximum absolute atomic E-state index is 10.3. The van der Waals surface area contributed by atoms with Crippen molar-refractivity contribution < 1.29 is 24.8 Å². The number of hydrogen-bond donors (Lipinski definition) is 4. The number of aliphatic hydroxyl groups excluding tert-OH is 3. The van der Waals surface area contributed by atoms with Gasteiger partial charge in [0, 0.05) is 6.20 Å². The maximum atomic E-state index is 10.3. The van der Waals surface area contributed by atoms with E-state index >= 15 is 0 Å². The van der Waals surface area contributed by atoms with Crippen molar-refractivity contribution in [2.75, 3.05) is 12.3 Å². The number of rotatable bonds is 5. The highest BCUT2D eigenvalue weighted by molar-refractivity contribution is 5.82. The number of pyridine rings is 1. The summed E-state index contributed by atoms with van der Waals surface area (Å²) in [6, 6.07) is 5.47. The Bertz CT molecular complexity index is 967. The molecule has 1 unspecified atom stereocenters. The van der Waals surface area contributed by atoms with Crippen molar-refractivity contribution in [2.24, 2.45) is 0 Å². The van der Waals surface area contributed by atoms with E-state index < -0.39 is 37.3 Å². The Morgan fingerprint density at radius 1 is 1.25 bits per heavy atom. The molecule has 11 nitrogen and oxygen atoms in total. The van der Waals surface area contributed by atoms with Crippen LogP contribution >= 0.6 is 0 Å². The van der Waals surface area contributed by atoms with Gasteiger partial charge in [-0.1, -0.05) is 6.07 Å². The normalized spacial score (nSPS) is 25.9. The topological polar surface area (TPSA) is 162 Å². The fourth-order valence-corrected chi connectivity index (χ4v) is 3.10. The van der Waals surface area contributed by atoms with Crippen LogP contribution in [0.4, 0.5) is 5.82 Å². The van der Waals surface area contributed by atoms with Crippen LogP contribution in [0.1, 0.15) is 24.9 Å². The number of nitrogen functional groups attached to an aromatic ring is 1. The number of anilines is 1. The van der Waals surface area contributed by atoms with Crippen LogP contribution in [0, 0.1) is 0 Å². The van der Waals surface area contributed by atoms with Gasteiger partial charge in [0.15, 0.2) is 23.2 Å². The molecule has 28 heavy (non-hydrogen) atoms. The smallest absolute Gasteiger partial charge is 0.321 e. The molecule has 4 rings (SSSR count). The lowest BCUT2D eigenvalue weighted by molar-refractivity contribution is -0.0511. The summed E-state index contributed by atoms with van der Waals surface area (Å²) in [7, 11) is 0. The van der Waals surface area contributed by atoms with Gasteiger partial charge in [0.25, 0.3) is 0 Å². The number of aromatic nitrogens is 5. The SMILES string of the molecule is CC(Oc1nc(N)c2ncn([C@@H]3O[C@H](CO)[C@@H](O)[C@H]3O)c2n1)c1ccccn1. The molecule has 11 heteroatoms. The molecule has 0 aromatic carbocycles. The van der Waals surface area contributed by atoms with Gasteiger partial charge >= 0.3 is 6.01 Å². The Kier molecular flexibility index (Phi) is 4.81. The van der Waals surface area contributed by atoms with Crippen molar-refractivity contribution >= 4 is 17.0 Å². The van der Waals surface area contributed by atoms with Crippen LogP contribution in [-0.2, 0) is 4.74 Å². The minimum atomic E-state index is -1.28. The predicted octanol–water partition coefficient (Wildman–Crippen LogP) is -0.445. The number of imidazole rings is 1. The molecule has 148 valence electrons. The molecule has 1 saturated heterocycles. The van der Waals surface area contributed by atoms with Crippen LogP contribution < -0.4 is 10.5 Å². The fraction of sp³-hybridized carbons (Fsp3) is 0.412. The fourth-order valence-electron chi connectivity index (χ4n) is 3.10.